The van der Waals surface area contributed by atoms with E-state index in [1.54, 1.807) is 0 Å². The largest absolute Gasteiger partial charge is 0.0687 e. The molecule has 0 N–H and O–H groups in total. The quantitative estimate of drug-likeness (QED) is 0.278. The summed E-state index contributed by atoms with van der Waals surface area (Å²) in [6.07, 6.45) is 8.12. The van der Waals surface area contributed by atoms with Crippen LogP contribution in [-0.4, -0.2) is 0 Å². The molecule has 0 unspecified atom stereocenters. The lowest BCUT2D eigenvalue weighted by atomic mass is 10.7. The zero-order valence-electron chi connectivity index (χ0n) is 2.21. The first-order chi connectivity index (χ1) is 1.91. The van der Waals surface area contributed by atoms with E-state index in [2.05, 4.69) is 12.7 Å². The van der Waals surface area contributed by atoms with Crippen molar-refractivity contribution in [3.63, 3.8) is 0 Å². The second kappa shape index (κ2) is 2.21. The minimum atomic E-state index is 1.82. The normalized spacial score (nSPS) is 2.75. The number of hydrogen-bond acceptors (Lipinski definition) is 0. The first-order valence-electron chi connectivity index (χ1n) is 0.854. The van der Waals surface area contributed by atoms with Crippen LogP contribution in [0.25, 0.3) is 0 Å². The highest BCUT2D eigenvalue weighted by Crippen LogP contribution is 1.38. The molecule has 0 aliphatic heterocycles. The highest BCUT2D eigenvalue weighted by Gasteiger charge is 1.28. The van der Waals surface area contributed by atoms with Crippen molar-refractivity contribution in [2.24, 2.45) is 0 Å². The Hall–Kier alpha value is -0.790. The van der Waals surface area contributed by atoms with Crippen molar-refractivity contribution in [2.75, 3.05) is 0 Å². The van der Waals surface area contributed by atoms with Crippen molar-refractivity contribution in [1.29, 1.82) is 0 Å². The number of allylic oxidation sites excluding steroid dienone is 1. The van der Waals surface area contributed by atoms with Gasteiger partial charge in [-0.2, -0.15) is 0 Å². The zero-order chi connectivity index (χ0) is 3.41. The molecule has 0 amide bonds. The van der Waals surface area contributed by atoms with E-state index in [-0.39, 0.29) is 0 Å². The molecule has 0 atom stereocenters. The van der Waals surface area contributed by atoms with Crippen LogP contribution >= 0.6 is 0 Å². The Kier molecular flexibility index (Phi) is 1.77. The van der Waals surface area contributed by atoms with Gasteiger partial charge in [-0.3, -0.25) is 0 Å². The monoisotopic (exact) mass is 50.0 g/mol. The fourth-order valence-corrected chi connectivity index (χ4v) is 0. The minimum absolute atomic E-state index is 1.82. The van der Waals surface area contributed by atoms with Crippen LogP contribution in [0.4, 0.5) is 0 Å². The third-order valence-electron chi connectivity index (χ3n) is 0.0884. The van der Waals surface area contributed by atoms with Crippen molar-refractivity contribution < 1.29 is 0 Å². The molecule has 0 radical (unpaired) electrons. The molecule has 0 aromatic heterocycles. The van der Waals surface area contributed by atoms with E-state index in [0.717, 1.165) is 0 Å². The van der Waals surface area contributed by atoms with Crippen LogP contribution in [-0.2, 0) is 0 Å². The molecule has 0 nitrogen and oxygen atoms in total. The maximum absolute atomic E-state index is 6.03. The highest BCUT2D eigenvalue weighted by molar-refractivity contribution is 4.88. The van der Waals surface area contributed by atoms with Crippen molar-refractivity contribution in [3.8, 4) is 5.92 Å². The fourth-order valence-electron chi connectivity index (χ4n) is 0. The predicted octanol–water partition coefficient (Wildman–Crippen LogP) is 0.565. The Labute approximate surface area is 26.1 Å². The summed E-state index contributed by atoms with van der Waals surface area (Å²) in [6.45, 7) is 3.06. The van der Waals surface area contributed by atoms with Crippen LogP contribution in [0.15, 0.2) is 6.58 Å². The van der Waals surface area contributed by atoms with Crippen LogP contribution in [0.2, 0.25) is 0 Å². The van der Waals surface area contributed by atoms with Gasteiger partial charge in [-0.05, 0) is 18.9 Å². The van der Waals surface area contributed by atoms with Crippen LogP contribution in [0, 0.1) is 18.4 Å². The summed E-state index contributed by atoms with van der Waals surface area (Å²) in [6, 6.07) is 0. The first-order valence-corrected chi connectivity index (χ1v) is 0.854. The summed E-state index contributed by atoms with van der Waals surface area (Å²) < 4.78 is 0. The standard InChI is InChI=1S/C4H2/c1-3-4-2/h1H2. The lowest BCUT2D eigenvalue weighted by molar-refractivity contribution is 2.17. The summed E-state index contributed by atoms with van der Waals surface area (Å²) in [5.41, 5.74) is 0. The van der Waals surface area contributed by atoms with Crippen LogP contribution in [0.3, 0.4) is 0 Å². The summed E-state index contributed by atoms with van der Waals surface area (Å²) >= 11 is 0. The topological polar surface area (TPSA) is 0 Å². The van der Waals surface area contributed by atoms with Gasteiger partial charge < -0.3 is 0 Å². The molecule has 4 heavy (non-hydrogen) atoms. The highest BCUT2D eigenvalue weighted by atomic mass is 13.3. The van der Waals surface area contributed by atoms with Crippen molar-refractivity contribution in [2.45, 2.75) is 0 Å². The van der Waals surface area contributed by atoms with Crippen LogP contribution in [0.1, 0.15) is 0 Å². The third kappa shape index (κ3) is 1.21. The minimum Gasteiger partial charge on any atom is -0.0687 e. The van der Waals surface area contributed by atoms with Gasteiger partial charge in [0, 0.05) is 0 Å². The van der Waals surface area contributed by atoms with Crippen molar-refractivity contribution in [3.05, 3.63) is 19.1 Å². The average Bonchev–Trinajstić information content (AvgIpc) is 1.37. The van der Waals surface area contributed by atoms with E-state index in [0.29, 0.717) is 0 Å². The van der Waals surface area contributed by atoms with Crippen LogP contribution < -0.4 is 0 Å². The van der Waals surface area contributed by atoms with E-state index < -0.39 is 0 Å². The molecular weight excluding hydrogens is 48.0 g/mol. The van der Waals surface area contributed by atoms with Gasteiger partial charge in [-0.1, -0.05) is 6.08 Å². The molecule has 0 bridgehead atoms. The molecule has 0 fully saturated rings. The molecule has 0 aliphatic rings. The Bertz CT molecular complexity index is 45.5. The molecule has 0 aliphatic carbocycles. The van der Waals surface area contributed by atoms with Gasteiger partial charge in [0.25, 0.3) is 0 Å². The Morgan fingerprint density at radius 1 is 2.00 bits per heavy atom. The van der Waals surface area contributed by atoms with Gasteiger partial charge in [-0.15, -0.1) is 0 Å². The van der Waals surface area contributed by atoms with Crippen molar-refractivity contribution >= 4 is 0 Å². The zero-order valence-corrected chi connectivity index (χ0v) is 2.21. The molecule has 0 heteroatoms. The molecular formula is C4H2. The molecule has 0 rings (SSSR count). The Balaban J connectivity index is 2.92. The van der Waals surface area contributed by atoms with E-state index >= 15 is 0 Å². The second-order valence-electron chi connectivity index (χ2n) is 0.302. The lowest BCUT2D eigenvalue weighted by Crippen LogP contribution is -1.26. The van der Waals surface area contributed by atoms with Crippen LogP contribution in [0.5, 0.6) is 0 Å². The SMILES string of the molecule is [C-]#C[C+]=C. The molecule has 18 valence electrons. The molecule has 0 spiro atoms. The summed E-state index contributed by atoms with van der Waals surface area (Å²) in [7, 11) is 0. The van der Waals surface area contributed by atoms with Gasteiger partial charge in [0.05, 0.1) is 0 Å². The van der Waals surface area contributed by atoms with E-state index in [1.807, 2.05) is 5.92 Å². The predicted molar refractivity (Wildman–Crippen MR) is 16.0 cm³/mol. The third-order valence-corrected chi connectivity index (χ3v) is 0.0884. The van der Waals surface area contributed by atoms with Gasteiger partial charge >= 0.3 is 0 Å². The maximum Gasteiger partial charge on any atom is -0.000718 e. The Morgan fingerprint density at radius 2 is 2.25 bits per heavy atom. The van der Waals surface area contributed by atoms with E-state index in [4.69, 9.17) is 6.42 Å². The van der Waals surface area contributed by atoms with Gasteiger partial charge in [0.2, 0.25) is 0 Å². The smallest absolute Gasteiger partial charge is 0.000718 e. The molecule has 0 heterocycles. The molecule has 0 saturated carbocycles. The first kappa shape index (κ1) is 3.21. The van der Waals surface area contributed by atoms with Gasteiger partial charge in [0.1, 0.15) is 0 Å². The number of rotatable bonds is 0. The average molecular weight is 50.1 g/mol. The molecule has 0 saturated heterocycles. The van der Waals surface area contributed by atoms with E-state index in [9.17, 15) is 0 Å². The molecule has 0 aromatic carbocycles. The Morgan fingerprint density at radius 3 is 2.25 bits per heavy atom. The summed E-state index contributed by atoms with van der Waals surface area (Å²) in [5, 5.41) is 0. The fraction of sp³-hybridized carbons (Fsp3) is 0. The van der Waals surface area contributed by atoms with Gasteiger partial charge in [0.15, 0.2) is 0 Å². The van der Waals surface area contributed by atoms with E-state index in [1.165, 1.54) is 0 Å². The summed E-state index contributed by atoms with van der Waals surface area (Å²) in [5.74, 6) is 1.82. The maximum atomic E-state index is 6.03. The lowest BCUT2D eigenvalue weighted by Gasteiger charge is -1.36. The number of hydrogen-bond donors (Lipinski definition) is 0. The second-order valence-corrected chi connectivity index (χ2v) is 0.302. The van der Waals surface area contributed by atoms with Crippen molar-refractivity contribution in [1.82, 2.24) is 0 Å². The summed E-state index contributed by atoms with van der Waals surface area (Å²) in [4.78, 5) is 0. The van der Waals surface area contributed by atoms with Gasteiger partial charge in [-0.25, -0.2) is 0 Å². The molecule has 0 aromatic rings.